The summed E-state index contributed by atoms with van der Waals surface area (Å²) >= 11 is 0. The molecule has 0 radical (unpaired) electrons. The Kier molecular flexibility index (Phi) is 4.56. The van der Waals surface area contributed by atoms with Crippen LogP contribution in [0, 0.1) is 0 Å². The van der Waals surface area contributed by atoms with Crippen molar-refractivity contribution in [1.29, 1.82) is 0 Å². The van der Waals surface area contributed by atoms with Crippen molar-refractivity contribution in [2.45, 2.75) is 45.5 Å². The fraction of sp³-hybridized carbons (Fsp3) is 0.583. The predicted molar refractivity (Wildman–Crippen MR) is 58.2 cm³/mol. The molecular formula is C12H18O3. The summed E-state index contributed by atoms with van der Waals surface area (Å²) in [5.41, 5.74) is 1.13. The van der Waals surface area contributed by atoms with Crippen LogP contribution in [0.5, 0.6) is 0 Å². The number of rotatable bonds is 3. The number of ether oxygens (including phenoxy) is 2. The maximum atomic E-state index is 10.8. The van der Waals surface area contributed by atoms with Crippen LogP contribution in [0.4, 0.5) is 0 Å². The van der Waals surface area contributed by atoms with E-state index in [1.807, 2.05) is 13.0 Å². The zero-order valence-corrected chi connectivity index (χ0v) is 9.36. The van der Waals surface area contributed by atoms with Crippen molar-refractivity contribution in [3.05, 3.63) is 24.3 Å². The minimum atomic E-state index is -0.380. The van der Waals surface area contributed by atoms with E-state index < -0.39 is 0 Å². The van der Waals surface area contributed by atoms with E-state index in [2.05, 4.69) is 6.58 Å². The van der Waals surface area contributed by atoms with Crippen LogP contribution >= 0.6 is 0 Å². The highest BCUT2D eigenvalue weighted by Gasteiger charge is 2.24. The summed E-state index contributed by atoms with van der Waals surface area (Å²) in [4.78, 5) is 10.8. The van der Waals surface area contributed by atoms with Gasteiger partial charge in [-0.25, -0.2) is 0 Å². The Bertz CT molecular complexity index is 268. The van der Waals surface area contributed by atoms with Gasteiger partial charge < -0.3 is 9.47 Å². The summed E-state index contributed by atoms with van der Waals surface area (Å²) in [5, 5.41) is 0. The number of hydrogen-bond acceptors (Lipinski definition) is 3. The molecular weight excluding hydrogens is 192 g/mol. The molecule has 0 spiro atoms. The molecule has 1 fully saturated rings. The van der Waals surface area contributed by atoms with Gasteiger partial charge in [-0.2, -0.15) is 0 Å². The average molecular weight is 210 g/mol. The van der Waals surface area contributed by atoms with Crippen LogP contribution in [0.1, 0.15) is 33.1 Å². The van der Waals surface area contributed by atoms with Gasteiger partial charge in [0.15, 0.2) is 0 Å². The fourth-order valence-electron chi connectivity index (χ4n) is 1.69. The molecule has 0 aromatic rings. The smallest absolute Gasteiger partial charge is 0.304 e. The van der Waals surface area contributed by atoms with Crippen LogP contribution in [-0.4, -0.2) is 18.4 Å². The van der Waals surface area contributed by atoms with Crippen LogP contribution in [0.25, 0.3) is 0 Å². The van der Waals surface area contributed by atoms with Crippen molar-refractivity contribution >= 4 is 5.97 Å². The van der Waals surface area contributed by atoms with Gasteiger partial charge in [0.05, 0.1) is 6.10 Å². The van der Waals surface area contributed by atoms with E-state index in [1.165, 1.54) is 6.92 Å². The standard InChI is InChI=1S/C12H18O3/c1-4-6-9(2)11-7-5-8-12(15-11)14-10(3)13/h4,6,11-12H,1,5,7-8H2,2-3H3/b9-6+. The van der Waals surface area contributed by atoms with E-state index in [9.17, 15) is 4.79 Å². The number of allylic oxidation sites excluding steroid dienone is 2. The first kappa shape index (κ1) is 12.0. The maximum absolute atomic E-state index is 10.8. The highest BCUT2D eigenvalue weighted by Crippen LogP contribution is 2.24. The van der Waals surface area contributed by atoms with E-state index in [4.69, 9.17) is 9.47 Å². The lowest BCUT2D eigenvalue weighted by Gasteiger charge is -2.29. The second kappa shape index (κ2) is 5.71. The van der Waals surface area contributed by atoms with Crippen LogP contribution < -0.4 is 0 Å². The molecule has 0 amide bonds. The molecule has 84 valence electrons. The van der Waals surface area contributed by atoms with Gasteiger partial charge in [-0.15, -0.1) is 0 Å². The Labute approximate surface area is 90.8 Å². The molecule has 1 aliphatic heterocycles. The third-order valence-electron chi connectivity index (χ3n) is 2.41. The normalized spacial score (nSPS) is 27.2. The average Bonchev–Trinajstić information content (AvgIpc) is 2.17. The summed E-state index contributed by atoms with van der Waals surface area (Å²) in [6.45, 7) is 7.05. The molecule has 2 atom stereocenters. The molecule has 0 bridgehead atoms. The number of hydrogen-bond donors (Lipinski definition) is 0. The van der Waals surface area contributed by atoms with Gasteiger partial charge in [-0.1, -0.05) is 18.7 Å². The summed E-state index contributed by atoms with van der Waals surface area (Å²) in [7, 11) is 0. The zero-order chi connectivity index (χ0) is 11.3. The van der Waals surface area contributed by atoms with Gasteiger partial charge >= 0.3 is 5.97 Å². The van der Waals surface area contributed by atoms with Gasteiger partial charge in [0.1, 0.15) is 0 Å². The lowest BCUT2D eigenvalue weighted by molar-refractivity contribution is -0.195. The summed E-state index contributed by atoms with van der Waals surface area (Å²) in [5.74, 6) is -0.286. The number of esters is 1. The van der Waals surface area contributed by atoms with Gasteiger partial charge in [0.25, 0.3) is 0 Å². The zero-order valence-electron chi connectivity index (χ0n) is 9.36. The van der Waals surface area contributed by atoms with Crippen LogP contribution in [0.15, 0.2) is 24.3 Å². The molecule has 3 nitrogen and oxygen atoms in total. The van der Waals surface area contributed by atoms with E-state index in [-0.39, 0.29) is 18.4 Å². The second-order valence-electron chi connectivity index (χ2n) is 3.74. The number of carbonyl (C=O) groups is 1. The first-order valence-electron chi connectivity index (χ1n) is 5.25. The summed E-state index contributed by atoms with van der Waals surface area (Å²) in [6, 6.07) is 0. The first-order valence-corrected chi connectivity index (χ1v) is 5.25. The quantitative estimate of drug-likeness (QED) is 0.530. The Morgan fingerprint density at radius 3 is 2.80 bits per heavy atom. The minimum Gasteiger partial charge on any atom is -0.436 e. The molecule has 0 N–H and O–H groups in total. The molecule has 0 aliphatic carbocycles. The second-order valence-corrected chi connectivity index (χ2v) is 3.74. The van der Waals surface area contributed by atoms with E-state index >= 15 is 0 Å². The maximum Gasteiger partial charge on any atom is 0.304 e. The molecule has 1 heterocycles. The Morgan fingerprint density at radius 1 is 1.47 bits per heavy atom. The Morgan fingerprint density at radius 2 is 2.20 bits per heavy atom. The van der Waals surface area contributed by atoms with Crippen LogP contribution in [-0.2, 0) is 14.3 Å². The van der Waals surface area contributed by atoms with Crippen LogP contribution in [0.2, 0.25) is 0 Å². The lowest BCUT2D eigenvalue weighted by atomic mass is 10.0. The van der Waals surface area contributed by atoms with Crippen molar-refractivity contribution in [2.24, 2.45) is 0 Å². The van der Waals surface area contributed by atoms with E-state index in [1.54, 1.807) is 6.08 Å². The monoisotopic (exact) mass is 210 g/mol. The van der Waals surface area contributed by atoms with Gasteiger partial charge in [-0.3, -0.25) is 4.79 Å². The molecule has 1 rings (SSSR count). The first-order chi connectivity index (χ1) is 7.13. The Hall–Kier alpha value is -1.09. The van der Waals surface area contributed by atoms with Gasteiger partial charge in [0, 0.05) is 13.3 Å². The van der Waals surface area contributed by atoms with Crippen molar-refractivity contribution < 1.29 is 14.3 Å². The van der Waals surface area contributed by atoms with E-state index in [0.29, 0.717) is 0 Å². The summed E-state index contributed by atoms with van der Waals surface area (Å²) in [6.07, 6.45) is 6.14. The molecule has 0 saturated carbocycles. The molecule has 2 unspecified atom stereocenters. The third kappa shape index (κ3) is 3.88. The van der Waals surface area contributed by atoms with Crippen molar-refractivity contribution in [1.82, 2.24) is 0 Å². The summed E-state index contributed by atoms with van der Waals surface area (Å²) < 4.78 is 10.7. The van der Waals surface area contributed by atoms with Crippen molar-refractivity contribution in [2.75, 3.05) is 0 Å². The Balaban J connectivity index is 2.52. The largest absolute Gasteiger partial charge is 0.436 e. The van der Waals surface area contributed by atoms with Crippen LogP contribution in [0.3, 0.4) is 0 Å². The molecule has 0 aromatic heterocycles. The molecule has 1 aliphatic rings. The lowest BCUT2D eigenvalue weighted by Crippen LogP contribution is -2.31. The SMILES string of the molecule is C=C/C=C(\C)C1CCCC(OC(C)=O)O1. The highest BCUT2D eigenvalue weighted by atomic mass is 16.7. The van der Waals surface area contributed by atoms with Crippen molar-refractivity contribution in [3.8, 4) is 0 Å². The molecule has 15 heavy (non-hydrogen) atoms. The highest BCUT2D eigenvalue weighted by molar-refractivity contribution is 5.66. The molecule has 3 heteroatoms. The predicted octanol–water partition coefficient (Wildman–Crippen LogP) is 2.58. The molecule has 1 saturated heterocycles. The van der Waals surface area contributed by atoms with Gasteiger partial charge in [-0.05, 0) is 25.3 Å². The third-order valence-corrected chi connectivity index (χ3v) is 2.41. The topological polar surface area (TPSA) is 35.5 Å². The van der Waals surface area contributed by atoms with Gasteiger partial charge in [0.2, 0.25) is 6.29 Å². The van der Waals surface area contributed by atoms with Crippen molar-refractivity contribution in [3.63, 3.8) is 0 Å². The minimum absolute atomic E-state index is 0.0566. The number of carbonyl (C=O) groups excluding carboxylic acids is 1. The fourth-order valence-corrected chi connectivity index (χ4v) is 1.69. The van der Waals surface area contributed by atoms with E-state index in [0.717, 1.165) is 24.8 Å². The molecule has 0 aromatic carbocycles.